The number of nitrogens with one attached hydrogen (secondary N) is 2. The molecule has 0 atom stereocenters. The van der Waals surface area contributed by atoms with Crippen molar-refractivity contribution in [2.75, 3.05) is 11.6 Å². The van der Waals surface area contributed by atoms with E-state index in [-0.39, 0.29) is 0 Å². The maximum Gasteiger partial charge on any atom is 0.313 e. The lowest BCUT2D eigenvalue weighted by Gasteiger charge is -2.09. The molecule has 0 fully saturated rings. The SMILES string of the molecule is CSc1ccccc1NC(=O)C(=O)NCc1cc(-c2ccco2)cs1. The predicted molar refractivity (Wildman–Crippen MR) is 101 cm³/mol. The number of carbonyl (C=O) groups is 2. The van der Waals surface area contributed by atoms with E-state index in [1.165, 1.54) is 23.1 Å². The largest absolute Gasteiger partial charge is 0.464 e. The first-order valence-corrected chi connectivity index (χ1v) is 9.61. The Labute approximate surface area is 153 Å². The number of furan rings is 1. The highest BCUT2D eigenvalue weighted by Crippen LogP contribution is 2.26. The Kier molecular flexibility index (Phi) is 5.57. The first kappa shape index (κ1) is 17.3. The number of thioether (sulfide) groups is 1. The van der Waals surface area contributed by atoms with Gasteiger partial charge in [-0.3, -0.25) is 9.59 Å². The zero-order valence-corrected chi connectivity index (χ0v) is 15.1. The van der Waals surface area contributed by atoms with Gasteiger partial charge < -0.3 is 15.1 Å². The fourth-order valence-corrected chi connectivity index (χ4v) is 3.59. The van der Waals surface area contributed by atoms with Crippen molar-refractivity contribution in [3.8, 4) is 11.3 Å². The summed E-state index contributed by atoms with van der Waals surface area (Å²) in [6.07, 6.45) is 3.53. The van der Waals surface area contributed by atoms with Gasteiger partial charge in [-0.15, -0.1) is 23.1 Å². The Morgan fingerprint density at radius 1 is 1.16 bits per heavy atom. The van der Waals surface area contributed by atoms with E-state index in [0.717, 1.165) is 21.1 Å². The highest BCUT2D eigenvalue weighted by Gasteiger charge is 2.15. The van der Waals surface area contributed by atoms with Crippen molar-refractivity contribution in [3.05, 3.63) is 59.0 Å². The summed E-state index contributed by atoms with van der Waals surface area (Å²) in [4.78, 5) is 25.9. The molecule has 2 heterocycles. The molecule has 3 aromatic rings. The van der Waals surface area contributed by atoms with Crippen LogP contribution in [0.25, 0.3) is 11.3 Å². The van der Waals surface area contributed by atoms with Gasteiger partial charge in [0.05, 0.1) is 18.5 Å². The standard InChI is InChI=1S/C18H16N2O3S2/c1-24-16-7-3-2-5-14(16)20-18(22)17(21)19-10-13-9-12(11-25-13)15-6-4-8-23-15/h2-9,11H,10H2,1H3,(H,19,21)(H,20,22). The monoisotopic (exact) mass is 372 g/mol. The number of anilines is 1. The molecular formula is C18H16N2O3S2. The van der Waals surface area contributed by atoms with Crippen LogP contribution >= 0.6 is 23.1 Å². The van der Waals surface area contributed by atoms with E-state index in [1.54, 1.807) is 12.3 Å². The highest BCUT2D eigenvalue weighted by atomic mass is 32.2. The topological polar surface area (TPSA) is 71.3 Å². The normalized spacial score (nSPS) is 10.4. The minimum Gasteiger partial charge on any atom is -0.464 e. The van der Waals surface area contributed by atoms with Crippen molar-refractivity contribution in [2.45, 2.75) is 11.4 Å². The summed E-state index contributed by atoms with van der Waals surface area (Å²) in [5, 5.41) is 7.23. The average Bonchev–Trinajstić information content (AvgIpc) is 3.31. The van der Waals surface area contributed by atoms with Gasteiger partial charge >= 0.3 is 11.8 Å². The minimum atomic E-state index is -0.677. The molecule has 0 aliphatic carbocycles. The quantitative estimate of drug-likeness (QED) is 0.525. The molecule has 0 unspecified atom stereocenters. The van der Waals surface area contributed by atoms with Crippen molar-refractivity contribution in [1.29, 1.82) is 0 Å². The van der Waals surface area contributed by atoms with Crippen LogP contribution in [0.1, 0.15) is 4.88 Å². The molecular weight excluding hydrogens is 356 g/mol. The molecule has 0 aliphatic rings. The summed E-state index contributed by atoms with van der Waals surface area (Å²) in [6.45, 7) is 0.293. The van der Waals surface area contributed by atoms with Gasteiger partial charge in [0.25, 0.3) is 0 Å². The summed E-state index contributed by atoms with van der Waals surface area (Å²) in [7, 11) is 0. The van der Waals surface area contributed by atoms with E-state index in [4.69, 9.17) is 4.42 Å². The van der Waals surface area contributed by atoms with Crippen LogP contribution in [0.2, 0.25) is 0 Å². The van der Waals surface area contributed by atoms with Crippen LogP contribution in [0.5, 0.6) is 0 Å². The van der Waals surface area contributed by atoms with Crippen molar-refractivity contribution < 1.29 is 14.0 Å². The molecule has 0 saturated carbocycles. The molecule has 5 nitrogen and oxygen atoms in total. The Morgan fingerprint density at radius 2 is 2.00 bits per heavy atom. The first-order valence-electron chi connectivity index (χ1n) is 7.51. The van der Waals surface area contributed by atoms with Gasteiger partial charge in [0.2, 0.25) is 0 Å². The third-order valence-corrected chi connectivity index (χ3v) is 5.18. The van der Waals surface area contributed by atoms with Gasteiger partial charge in [0.15, 0.2) is 0 Å². The number of benzene rings is 1. The van der Waals surface area contributed by atoms with Crippen LogP contribution in [0.3, 0.4) is 0 Å². The summed E-state index contributed by atoms with van der Waals surface area (Å²) in [5.74, 6) is -0.562. The summed E-state index contributed by atoms with van der Waals surface area (Å²) in [6, 6.07) is 13.0. The van der Waals surface area contributed by atoms with Crippen molar-refractivity contribution in [2.24, 2.45) is 0 Å². The molecule has 0 radical (unpaired) electrons. The number of hydrogen-bond donors (Lipinski definition) is 2. The van der Waals surface area contributed by atoms with Crippen molar-refractivity contribution in [1.82, 2.24) is 5.32 Å². The van der Waals surface area contributed by atoms with Crippen LogP contribution in [0.4, 0.5) is 5.69 Å². The third-order valence-electron chi connectivity index (χ3n) is 3.44. The molecule has 2 amide bonds. The van der Waals surface area contributed by atoms with Crippen LogP contribution in [0, 0.1) is 0 Å². The minimum absolute atomic E-state index is 0.293. The van der Waals surface area contributed by atoms with E-state index in [2.05, 4.69) is 10.6 Å². The van der Waals surface area contributed by atoms with Gasteiger partial charge in [-0.05, 0) is 36.6 Å². The molecule has 0 bridgehead atoms. The van der Waals surface area contributed by atoms with E-state index in [0.29, 0.717) is 12.2 Å². The number of hydrogen-bond acceptors (Lipinski definition) is 5. The number of carbonyl (C=O) groups excluding carboxylic acids is 2. The lowest BCUT2D eigenvalue weighted by Crippen LogP contribution is -2.34. The Balaban J connectivity index is 1.56. The van der Waals surface area contributed by atoms with Crippen LogP contribution in [-0.4, -0.2) is 18.1 Å². The molecule has 1 aromatic carbocycles. The number of amides is 2. The second kappa shape index (κ2) is 8.04. The van der Waals surface area contributed by atoms with Gasteiger partial charge in [-0.25, -0.2) is 0 Å². The number of para-hydroxylation sites is 1. The summed E-state index contributed by atoms with van der Waals surface area (Å²) < 4.78 is 5.34. The number of rotatable bonds is 5. The molecule has 3 rings (SSSR count). The van der Waals surface area contributed by atoms with Gasteiger partial charge in [0.1, 0.15) is 5.76 Å². The molecule has 0 aliphatic heterocycles. The van der Waals surface area contributed by atoms with E-state index >= 15 is 0 Å². The lowest BCUT2D eigenvalue weighted by molar-refractivity contribution is -0.136. The fourth-order valence-electron chi connectivity index (χ4n) is 2.22. The maximum absolute atomic E-state index is 12.0. The van der Waals surface area contributed by atoms with E-state index in [9.17, 15) is 9.59 Å². The maximum atomic E-state index is 12.0. The van der Waals surface area contributed by atoms with Crippen molar-refractivity contribution in [3.63, 3.8) is 0 Å². The second-order valence-electron chi connectivity index (χ2n) is 5.12. The zero-order chi connectivity index (χ0) is 17.6. The molecule has 0 spiro atoms. The van der Waals surface area contributed by atoms with E-state index in [1.807, 2.05) is 48.0 Å². The van der Waals surface area contributed by atoms with Gasteiger partial charge in [-0.2, -0.15) is 0 Å². The Bertz CT molecular complexity index is 872. The zero-order valence-electron chi connectivity index (χ0n) is 13.4. The summed E-state index contributed by atoms with van der Waals surface area (Å²) >= 11 is 3.01. The first-order chi connectivity index (χ1) is 12.2. The van der Waals surface area contributed by atoms with E-state index < -0.39 is 11.8 Å². The Morgan fingerprint density at radius 3 is 2.76 bits per heavy atom. The average molecular weight is 372 g/mol. The lowest BCUT2D eigenvalue weighted by atomic mass is 10.2. The van der Waals surface area contributed by atoms with Crippen molar-refractivity contribution >= 4 is 40.6 Å². The highest BCUT2D eigenvalue weighted by molar-refractivity contribution is 7.98. The van der Waals surface area contributed by atoms with Crippen LogP contribution < -0.4 is 10.6 Å². The molecule has 128 valence electrons. The molecule has 2 N–H and O–H groups in total. The second-order valence-corrected chi connectivity index (χ2v) is 6.96. The smallest absolute Gasteiger partial charge is 0.313 e. The van der Waals surface area contributed by atoms with Crippen LogP contribution in [-0.2, 0) is 16.1 Å². The number of thiophene rings is 1. The molecule has 7 heteroatoms. The fraction of sp³-hybridized carbons (Fsp3) is 0.111. The molecule has 2 aromatic heterocycles. The molecule has 25 heavy (non-hydrogen) atoms. The van der Waals surface area contributed by atoms with Gasteiger partial charge in [-0.1, -0.05) is 12.1 Å². The summed E-state index contributed by atoms with van der Waals surface area (Å²) in [5.41, 5.74) is 1.59. The Hall–Kier alpha value is -2.51. The third kappa shape index (κ3) is 4.32. The van der Waals surface area contributed by atoms with Gasteiger partial charge in [0, 0.05) is 20.7 Å². The predicted octanol–water partition coefficient (Wildman–Crippen LogP) is 3.98. The molecule has 0 saturated heterocycles. The van der Waals surface area contributed by atoms with Crippen LogP contribution in [0.15, 0.2) is 63.4 Å².